The smallest absolute Gasteiger partial charge is 0.226 e. The lowest BCUT2D eigenvalue weighted by atomic mass is 9.90. The van der Waals surface area contributed by atoms with Crippen LogP contribution in [0.25, 0.3) is 0 Å². The van der Waals surface area contributed by atoms with Gasteiger partial charge < -0.3 is 9.33 Å². The fourth-order valence-corrected chi connectivity index (χ4v) is 4.02. The van der Waals surface area contributed by atoms with Crippen LogP contribution in [0.1, 0.15) is 44.7 Å². The molecule has 0 aromatic heterocycles. The minimum Gasteiger partial charge on any atom is -0.415 e. The Balaban J connectivity index is 1.96. The van der Waals surface area contributed by atoms with Crippen LogP contribution in [0.15, 0.2) is 24.3 Å². The molecule has 0 spiro atoms. The van der Waals surface area contributed by atoms with Gasteiger partial charge in [-0.1, -0.05) is 57.5 Å². The molecule has 0 bridgehead atoms. The lowest BCUT2D eigenvalue weighted by molar-refractivity contribution is -0.130. The fourth-order valence-electron chi connectivity index (χ4n) is 2.98. The summed E-state index contributed by atoms with van der Waals surface area (Å²) in [5.41, 5.74) is 2.53. The summed E-state index contributed by atoms with van der Waals surface area (Å²) in [5, 5.41) is 0.208. The lowest BCUT2D eigenvalue weighted by Gasteiger charge is -2.36. The summed E-state index contributed by atoms with van der Waals surface area (Å²) in [5.74, 6) is 0.617. The minimum atomic E-state index is -1.74. The predicted octanol–water partition coefficient (Wildman–Crippen LogP) is 4.58. The van der Waals surface area contributed by atoms with Crippen LogP contribution < -0.4 is 0 Å². The van der Waals surface area contributed by atoms with Crippen molar-refractivity contribution in [1.82, 2.24) is 4.90 Å². The number of aryl methyl sites for hydroxylation is 1. The Bertz CT molecular complexity index is 574. The number of hydrogen-bond acceptors (Lipinski definition) is 2. The summed E-state index contributed by atoms with van der Waals surface area (Å²) in [7, 11) is -1.74. The maximum Gasteiger partial charge on any atom is 0.226 e. The van der Waals surface area contributed by atoms with Crippen LogP contribution in [0.5, 0.6) is 0 Å². The number of nitrogens with zero attached hydrogens (tertiary/aromatic N) is 1. The molecule has 1 heterocycles. The van der Waals surface area contributed by atoms with Crippen molar-refractivity contribution in [1.29, 1.82) is 0 Å². The van der Waals surface area contributed by atoms with Crippen LogP contribution in [0, 0.1) is 12.8 Å². The topological polar surface area (TPSA) is 29.5 Å². The van der Waals surface area contributed by atoms with Gasteiger partial charge in [-0.3, -0.25) is 4.79 Å². The van der Waals surface area contributed by atoms with E-state index in [9.17, 15) is 4.79 Å². The lowest BCUT2D eigenvalue weighted by Crippen LogP contribution is -2.43. The second-order valence-electron chi connectivity index (χ2n) is 8.70. The number of amides is 1. The SMILES string of the molecule is Cc1ccc(C2CN(CCO[Si](C)(C)C(C)(C)C)C(=O)[C@@H]2C)cc1. The highest BCUT2D eigenvalue weighted by Gasteiger charge is 2.39. The van der Waals surface area contributed by atoms with Crippen molar-refractivity contribution >= 4 is 14.2 Å². The van der Waals surface area contributed by atoms with Crippen molar-refractivity contribution in [2.75, 3.05) is 19.7 Å². The van der Waals surface area contributed by atoms with E-state index in [1.165, 1.54) is 11.1 Å². The maximum absolute atomic E-state index is 12.6. The Morgan fingerprint density at radius 3 is 2.33 bits per heavy atom. The molecule has 1 amide bonds. The second kappa shape index (κ2) is 7.01. The molecule has 3 nitrogen and oxygen atoms in total. The van der Waals surface area contributed by atoms with E-state index in [0.29, 0.717) is 19.1 Å². The molecule has 1 aliphatic rings. The summed E-state index contributed by atoms with van der Waals surface area (Å²) < 4.78 is 6.24. The van der Waals surface area contributed by atoms with Crippen LogP contribution in [0.4, 0.5) is 0 Å². The first-order chi connectivity index (χ1) is 11.0. The Morgan fingerprint density at radius 2 is 1.79 bits per heavy atom. The molecule has 24 heavy (non-hydrogen) atoms. The van der Waals surface area contributed by atoms with Crippen LogP contribution >= 0.6 is 0 Å². The quantitative estimate of drug-likeness (QED) is 0.730. The first-order valence-corrected chi connectivity index (χ1v) is 11.9. The molecule has 2 atom stereocenters. The highest BCUT2D eigenvalue weighted by Crippen LogP contribution is 2.37. The molecule has 4 heteroatoms. The molecule has 134 valence electrons. The van der Waals surface area contributed by atoms with E-state index in [-0.39, 0.29) is 16.9 Å². The van der Waals surface area contributed by atoms with Crippen molar-refractivity contribution in [3.63, 3.8) is 0 Å². The Hall–Kier alpha value is -1.13. The molecule has 0 radical (unpaired) electrons. The van der Waals surface area contributed by atoms with Gasteiger partial charge in [0.1, 0.15) is 0 Å². The van der Waals surface area contributed by atoms with Crippen LogP contribution in [0.2, 0.25) is 18.1 Å². The van der Waals surface area contributed by atoms with E-state index in [4.69, 9.17) is 4.43 Å². The van der Waals surface area contributed by atoms with Gasteiger partial charge in [-0.15, -0.1) is 0 Å². The summed E-state index contributed by atoms with van der Waals surface area (Å²) >= 11 is 0. The van der Waals surface area contributed by atoms with Gasteiger partial charge in [0.25, 0.3) is 0 Å². The number of benzene rings is 1. The summed E-state index contributed by atoms with van der Waals surface area (Å²) in [6.07, 6.45) is 0. The largest absolute Gasteiger partial charge is 0.415 e. The molecular weight excluding hydrogens is 314 g/mol. The van der Waals surface area contributed by atoms with Crippen LogP contribution in [-0.4, -0.2) is 38.8 Å². The molecule has 0 saturated carbocycles. The van der Waals surface area contributed by atoms with Crippen LogP contribution in [-0.2, 0) is 9.22 Å². The molecule has 1 aromatic rings. The molecule has 2 rings (SSSR count). The van der Waals surface area contributed by atoms with Gasteiger partial charge in [0.2, 0.25) is 5.91 Å². The van der Waals surface area contributed by atoms with E-state index < -0.39 is 8.32 Å². The fraction of sp³-hybridized carbons (Fsp3) is 0.650. The Kier molecular flexibility index (Phi) is 5.60. The van der Waals surface area contributed by atoms with Gasteiger partial charge in [0, 0.05) is 24.9 Å². The molecule has 1 saturated heterocycles. The number of likely N-dealkylation sites (tertiary alicyclic amines) is 1. The zero-order valence-corrected chi connectivity index (χ0v) is 17.3. The zero-order chi connectivity index (χ0) is 18.1. The second-order valence-corrected chi connectivity index (χ2v) is 13.5. The first kappa shape index (κ1) is 19.2. The summed E-state index contributed by atoms with van der Waals surface area (Å²) in [4.78, 5) is 14.6. The Morgan fingerprint density at radius 1 is 1.21 bits per heavy atom. The van der Waals surface area contributed by atoms with E-state index in [1.807, 2.05) is 4.90 Å². The van der Waals surface area contributed by atoms with Gasteiger partial charge in [-0.25, -0.2) is 0 Å². The molecule has 1 fully saturated rings. The van der Waals surface area contributed by atoms with Crippen LogP contribution in [0.3, 0.4) is 0 Å². The monoisotopic (exact) mass is 347 g/mol. The van der Waals surface area contributed by atoms with E-state index >= 15 is 0 Å². The molecular formula is C20H33NO2Si. The first-order valence-electron chi connectivity index (χ1n) is 9.02. The third-order valence-electron chi connectivity index (χ3n) is 5.86. The number of hydrogen-bond donors (Lipinski definition) is 0. The maximum atomic E-state index is 12.6. The van der Waals surface area contributed by atoms with E-state index in [2.05, 4.69) is 72.0 Å². The van der Waals surface area contributed by atoms with Gasteiger partial charge in [0.15, 0.2) is 8.32 Å². The average molecular weight is 348 g/mol. The molecule has 0 aliphatic carbocycles. The number of carbonyl (C=O) groups is 1. The van der Waals surface area contributed by atoms with Gasteiger partial charge in [-0.05, 0) is 30.6 Å². The van der Waals surface area contributed by atoms with Gasteiger partial charge in [-0.2, -0.15) is 0 Å². The third-order valence-corrected chi connectivity index (χ3v) is 10.4. The molecule has 1 unspecified atom stereocenters. The standard InChI is InChI=1S/C20H33NO2Si/c1-15-8-10-17(11-9-15)18-14-21(19(22)16(18)2)12-13-23-24(6,7)20(3,4)5/h8-11,16,18H,12-14H2,1-7H3/t16-,18?/m1/s1. The molecule has 1 aromatic carbocycles. The summed E-state index contributed by atoms with van der Waals surface area (Å²) in [6, 6.07) is 8.60. The highest BCUT2D eigenvalue weighted by atomic mass is 28.4. The van der Waals surface area contributed by atoms with Crippen molar-refractivity contribution in [2.24, 2.45) is 5.92 Å². The zero-order valence-electron chi connectivity index (χ0n) is 16.3. The predicted molar refractivity (Wildman–Crippen MR) is 103 cm³/mol. The number of carbonyl (C=O) groups excluding carboxylic acids is 1. The van der Waals surface area contributed by atoms with E-state index in [0.717, 1.165) is 6.54 Å². The normalized spacial score (nSPS) is 22.3. The van der Waals surface area contributed by atoms with Crippen molar-refractivity contribution in [2.45, 2.75) is 58.7 Å². The summed E-state index contributed by atoms with van der Waals surface area (Å²) in [6.45, 7) is 17.6. The number of rotatable bonds is 5. The average Bonchev–Trinajstić information content (AvgIpc) is 2.75. The Labute approximate surface area is 148 Å². The third kappa shape index (κ3) is 4.09. The molecule has 1 aliphatic heterocycles. The molecule has 0 N–H and O–H groups in total. The van der Waals surface area contributed by atoms with E-state index in [1.54, 1.807) is 0 Å². The van der Waals surface area contributed by atoms with Gasteiger partial charge >= 0.3 is 0 Å². The van der Waals surface area contributed by atoms with Gasteiger partial charge in [0.05, 0.1) is 6.61 Å². The van der Waals surface area contributed by atoms with Crippen molar-refractivity contribution in [3.05, 3.63) is 35.4 Å². The minimum absolute atomic E-state index is 0.0561. The van der Waals surface area contributed by atoms with Crippen molar-refractivity contribution < 1.29 is 9.22 Å². The highest BCUT2D eigenvalue weighted by molar-refractivity contribution is 6.74. The van der Waals surface area contributed by atoms with Crippen molar-refractivity contribution in [3.8, 4) is 0 Å².